The van der Waals surface area contributed by atoms with E-state index >= 15 is 0 Å². The highest BCUT2D eigenvalue weighted by molar-refractivity contribution is 6.05. The molecule has 3 heterocycles. The van der Waals surface area contributed by atoms with Crippen LogP contribution in [-0.2, 0) is 4.74 Å². The normalized spacial score (nSPS) is 29.1. The third-order valence-electron chi connectivity index (χ3n) is 3.55. The van der Waals surface area contributed by atoms with Crippen LogP contribution in [-0.4, -0.2) is 60.7 Å². The summed E-state index contributed by atoms with van der Waals surface area (Å²) in [5, 5.41) is 29.4. The molecule has 112 valence electrons. The van der Waals surface area contributed by atoms with E-state index in [0.717, 1.165) is 0 Å². The van der Waals surface area contributed by atoms with Gasteiger partial charge in [-0.25, -0.2) is 9.97 Å². The second kappa shape index (κ2) is 5.04. The van der Waals surface area contributed by atoms with Gasteiger partial charge in [-0.15, -0.1) is 0 Å². The van der Waals surface area contributed by atoms with Crippen LogP contribution in [0.1, 0.15) is 16.6 Å². The van der Waals surface area contributed by atoms with Gasteiger partial charge >= 0.3 is 0 Å². The molecule has 2 aromatic heterocycles. The second-order valence-electron chi connectivity index (χ2n) is 4.80. The number of rotatable bonds is 3. The van der Waals surface area contributed by atoms with Crippen molar-refractivity contribution in [3.05, 3.63) is 24.3 Å². The molecule has 3 rings (SSSR count). The lowest BCUT2D eigenvalue weighted by Gasteiger charge is -2.17. The zero-order valence-corrected chi connectivity index (χ0v) is 10.8. The molecule has 1 aliphatic rings. The summed E-state index contributed by atoms with van der Waals surface area (Å²) in [5.74, 6) is -0.666. The van der Waals surface area contributed by atoms with E-state index in [0.29, 0.717) is 11.0 Å². The fourth-order valence-electron chi connectivity index (χ4n) is 2.49. The molecule has 0 bridgehead atoms. The van der Waals surface area contributed by atoms with Gasteiger partial charge in [0.1, 0.15) is 30.3 Å². The molecule has 2 aromatic rings. The van der Waals surface area contributed by atoms with Crippen molar-refractivity contribution in [2.75, 3.05) is 6.61 Å². The predicted octanol–water partition coefficient (Wildman–Crippen LogP) is -1.86. The van der Waals surface area contributed by atoms with Crippen LogP contribution in [0.2, 0.25) is 0 Å². The predicted molar refractivity (Wildman–Crippen MR) is 69.1 cm³/mol. The number of aliphatic hydroxyl groups is 3. The minimum Gasteiger partial charge on any atom is -0.394 e. The molecule has 4 atom stereocenters. The van der Waals surface area contributed by atoms with Crippen LogP contribution in [0, 0.1) is 0 Å². The maximum atomic E-state index is 11.5. The Morgan fingerprint density at radius 1 is 1.43 bits per heavy atom. The highest BCUT2D eigenvalue weighted by atomic mass is 16.6. The van der Waals surface area contributed by atoms with Crippen molar-refractivity contribution < 1.29 is 24.9 Å². The lowest BCUT2D eigenvalue weighted by molar-refractivity contribution is -0.0508. The van der Waals surface area contributed by atoms with Crippen LogP contribution in [0.5, 0.6) is 0 Å². The monoisotopic (exact) mass is 294 g/mol. The summed E-state index contributed by atoms with van der Waals surface area (Å²) in [6.45, 7) is -0.439. The number of hydrogen-bond donors (Lipinski definition) is 4. The summed E-state index contributed by atoms with van der Waals surface area (Å²) in [6.07, 6.45) is -0.304. The molecule has 9 nitrogen and oxygen atoms in total. The number of carbonyl (C=O) groups is 1. The highest BCUT2D eigenvalue weighted by Crippen LogP contribution is 2.32. The van der Waals surface area contributed by atoms with Gasteiger partial charge < -0.3 is 30.4 Å². The largest absolute Gasteiger partial charge is 0.394 e. The number of fused-ring (bicyclic) bond motifs is 1. The Bertz CT molecular complexity index is 687. The fourth-order valence-corrected chi connectivity index (χ4v) is 2.49. The number of amides is 1. The summed E-state index contributed by atoms with van der Waals surface area (Å²) < 4.78 is 6.83. The zero-order valence-electron chi connectivity index (χ0n) is 10.8. The van der Waals surface area contributed by atoms with Crippen molar-refractivity contribution in [3.63, 3.8) is 0 Å². The number of aliphatic hydroxyl groups excluding tert-OH is 3. The second-order valence-corrected chi connectivity index (χ2v) is 4.80. The van der Waals surface area contributed by atoms with E-state index < -0.39 is 37.1 Å². The van der Waals surface area contributed by atoms with Crippen LogP contribution >= 0.6 is 0 Å². The Morgan fingerprint density at radius 2 is 2.19 bits per heavy atom. The number of aromatic nitrogens is 3. The van der Waals surface area contributed by atoms with Gasteiger partial charge in [0.05, 0.1) is 17.6 Å². The molecule has 1 amide bonds. The molecule has 1 saturated heterocycles. The number of carbonyl (C=O) groups excluding carboxylic acids is 1. The molecule has 21 heavy (non-hydrogen) atoms. The van der Waals surface area contributed by atoms with E-state index in [9.17, 15) is 15.0 Å². The van der Waals surface area contributed by atoms with Crippen LogP contribution in [0.3, 0.4) is 0 Å². The van der Waals surface area contributed by atoms with Gasteiger partial charge in [-0.05, 0) is 0 Å². The van der Waals surface area contributed by atoms with E-state index in [-0.39, 0.29) is 5.56 Å². The maximum absolute atomic E-state index is 11.5. The van der Waals surface area contributed by atoms with Crippen molar-refractivity contribution in [1.82, 2.24) is 14.5 Å². The SMILES string of the molecule is NC(=O)c1cn([C@H]2O[C@@H](CO)[C@H](O)[C@@H]2O)c2ncncc12. The molecule has 5 N–H and O–H groups in total. The van der Waals surface area contributed by atoms with Gasteiger partial charge in [0.25, 0.3) is 5.91 Å². The van der Waals surface area contributed by atoms with E-state index in [2.05, 4.69) is 9.97 Å². The average Bonchev–Trinajstić information content (AvgIpc) is 2.99. The molecule has 0 radical (unpaired) electrons. The molecular weight excluding hydrogens is 280 g/mol. The lowest BCUT2D eigenvalue weighted by atomic mass is 10.1. The minimum atomic E-state index is -1.27. The highest BCUT2D eigenvalue weighted by Gasteiger charge is 2.44. The van der Waals surface area contributed by atoms with E-state index in [1.54, 1.807) is 0 Å². The molecule has 9 heteroatoms. The topological polar surface area (TPSA) is 144 Å². The number of hydrogen-bond acceptors (Lipinski definition) is 7. The molecular formula is C12H14N4O5. The van der Waals surface area contributed by atoms with Crippen molar-refractivity contribution in [3.8, 4) is 0 Å². The van der Waals surface area contributed by atoms with Gasteiger partial charge in [-0.1, -0.05) is 0 Å². The fraction of sp³-hybridized carbons (Fsp3) is 0.417. The van der Waals surface area contributed by atoms with Crippen LogP contribution in [0.15, 0.2) is 18.7 Å². The zero-order chi connectivity index (χ0) is 15.1. The van der Waals surface area contributed by atoms with Crippen molar-refractivity contribution in [1.29, 1.82) is 0 Å². The van der Waals surface area contributed by atoms with Crippen LogP contribution in [0.4, 0.5) is 0 Å². The molecule has 1 fully saturated rings. The third kappa shape index (κ3) is 2.07. The molecule has 0 aliphatic carbocycles. The van der Waals surface area contributed by atoms with Gasteiger partial charge in [0.15, 0.2) is 6.23 Å². The summed E-state index contributed by atoms with van der Waals surface area (Å²) in [6, 6.07) is 0. The van der Waals surface area contributed by atoms with E-state index in [1.165, 1.54) is 23.3 Å². The number of primary amides is 1. The molecule has 0 spiro atoms. The molecule has 0 saturated carbocycles. The van der Waals surface area contributed by atoms with Crippen molar-refractivity contribution in [2.24, 2.45) is 5.73 Å². The van der Waals surface area contributed by atoms with Crippen LogP contribution < -0.4 is 5.73 Å². The quantitative estimate of drug-likeness (QED) is 0.519. The first kappa shape index (κ1) is 13.9. The van der Waals surface area contributed by atoms with Gasteiger partial charge in [0.2, 0.25) is 0 Å². The standard InChI is InChI=1S/C12H14N4O5/c13-10(20)6-2-16(11-5(6)1-14-4-15-11)12-9(19)8(18)7(3-17)21-12/h1-2,4,7-9,12,17-19H,3H2,(H2,13,20)/t7-,8-,9-,12-/m0/s1. The number of nitrogens with zero attached hydrogens (tertiary/aromatic N) is 3. The smallest absolute Gasteiger partial charge is 0.250 e. The van der Waals surface area contributed by atoms with Gasteiger partial charge in [0, 0.05) is 12.4 Å². The Hall–Kier alpha value is -2.07. The first-order valence-corrected chi connectivity index (χ1v) is 6.27. The summed E-state index contributed by atoms with van der Waals surface area (Å²) in [5.41, 5.74) is 5.83. The van der Waals surface area contributed by atoms with Crippen molar-refractivity contribution in [2.45, 2.75) is 24.5 Å². The maximum Gasteiger partial charge on any atom is 0.250 e. The lowest BCUT2D eigenvalue weighted by Crippen LogP contribution is -2.33. The number of nitrogens with two attached hydrogens (primary N) is 1. The Labute approximate surface area is 118 Å². The molecule has 1 aliphatic heterocycles. The average molecular weight is 294 g/mol. The first-order valence-electron chi connectivity index (χ1n) is 6.27. The van der Waals surface area contributed by atoms with E-state index in [4.69, 9.17) is 15.6 Å². The van der Waals surface area contributed by atoms with Gasteiger partial charge in [-0.3, -0.25) is 4.79 Å². The van der Waals surface area contributed by atoms with Crippen LogP contribution in [0.25, 0.3) is 11.0 Å². The van der Waals surface area contributed by atoms with Gasteiger partial charge in [-0.2, -0.15) is 0 Å². The van der Waals surface area contributed by atoms with E-state index in [1.807, 2.05) is 0 Å². The summed E-state index contributed by atoms with van der Waals surface area (Å²) >= 11 is 0. The Morgan fingerprint density at radius 3 is 2.81 bits per heavy atom. The summed E-state index contributed by atoms with van der Waals surface area (Å²) in [4.78, 5) is 19.4. The third-order valence-corrected chi connectivity index (χ3v) is 3.55. The number of ether oxygens (including phenoxy) is 1. The Kier molecular flexibility index (Phi) is 3.33. The Balaban J connectivity index is 2.11. The van der Waals surface area contributed by atoms with Crippen molar-refractivity contribution >= 4 is 16.9 Å². The molecule has 0 aromatic carbocycles. The summed E-state index contributed by atoms with van der Waals surface area (Å²) in [7, 11) is 0. The molecule has 0 unspecified atom stereocenters. The minimum absolute atomic E-state index is 0.184. The first-order chi connectivity index (χ1) is 10.0.